The van der Waals surface area contributed by atoms with Gasteiger partial charge in [-0.25, -0.2) is 15.0 Å². The lowest BCUT2D eigenvalue weighted by Gasteiger charge is -2.35. The first kappa shape index (κ1) is 15.9. The Bertz CT molecular complexity index is 779. The van der Waals surface area contributed by atoms with Crippen LogP contribution in [0.5, 0.6) is 0 Å². The zero-order valence-corrected chi connectivity index (χ0v) is 14.4. The number of hydrogen-bond acceptors (Lipinski definition) is 6. The number of piperidine rings is 1. The minimum atomic E-state index is -0.163. The first-order valence-corrected chi connectivity index (χ1v) is 8.89. The normalized spacial score (nSPS) is 19.6. The second kappa shape index (κ2) is 6.74. The molecule has 1 saturated heterocycles. The summed E-state index contributed by atoms with van der Waals surface area (Å²) in [5.74, 6) is 1.74. The van der Waals surface area contributed by atoms with E-state index in [0.29, 0.717) is 5.69 Å². The average Bonchev–Trinajstić information content (AvgIpc) is 3.10. The van der Waals surface area contributed by atoms with Crippen molar-refractivity contribution in [2.45, 2.75) is 45.1 Å². The standard InChI is InChI=1S/C18H22N6O/c1-12-21-15-6-2-5-14(15)17(22-12)24-9-3-4-13(11-24)23-18(25)16-10-19-7-8-20-16/h7-8,10,13H,2-6,9,11H2,1H3,(H,23,25). The van der Waals surface area contributed by atoms with E-state index in [9.17, 15) is 4.79 Å². The van der Waals surface area contributed by atoms with Gasteiger partial charge in [0.05, 0.1) is 6.20 Å². The minimum Gasteiger partial charge on any atom is -0.354 e. The van der Waals surface area contributed by atoms with Crippen molar-refractivity contribution < 1.29 is 4.79 Å². The van der Waals surface area contributed by atoms with Crippen LogP contribution in [0, 0.1) is 6.92 Å². The van der Waals surface area contributed by atoms with Gasteiger partial charge in [0.15, 0.2) is 0 Å². The zero-order valence-electron chi connectivity index (χ0n) is 14.4. The van der Waals surface area contributed by atoms with Crippen LogP contribution in [0.4, 0.5) is 5.82 Å². The average molecular weight is 338 g/mol. The first-order valence-electron chi connectivity index (χ1n) is 8.89. The van der Waals surface area contributed by atoms with Gasteiger partial charge >= 0.3 is 0 Å². The van der Waals surface area contributed by atoms with Gasteiger partial charge in [0.2, 0.25) is 0 Å². The van der Waals surface area contributed by atoms with Crippen molar-refractivity contribution in [1.82, 2.24) is 25.3 Å². The molecule has 1 atom stereocenters. The molecule has 3 heterocycles. The third-order valence-electron chi connectivity index (χ3n) is 4.88. The summed E-state index contributed by atoms with van der Waals surface area (Å²) >= 11 is 0. The second-order valence-corrected chi connectivity index (χ2v) is 6.72. The molecule has 0 aromatic carbocycles. The van der Waals surface area contributed by atoms with E-state index in [1.54, 1.807) is 6.20 Å². The molecule has 4 rings (SSSR count). The summed E-state index contributed by atoms with van der Waals surface area (Å²) < 4.78 is 0. The van der Waals surface area contributed by atoms with Crippen molar-refractivity contribution in [3.8, 4) is 0 Å². The smallest absolute Gasteiger partial charge is 0.271 e. The van der Waals surface area contributed by atoms with Crippen molar-refractivity contribution in [2.75, 3.05) is 18.0 Å². The summed E-state index contributed by atoms with van der Waals surface area (Å²) in [4.78, 5) is 32.0. The van der Waals surface area contributed by atoms with E-state index < -0.39 is 0 Å². The Morgan fingerprint density at radius 3 is 3.00 bits per heavy atom. The minimum absolute atomic E-state index is 0.0931. The molecule has 1 amide bonds. The number of aryl methyl sites for hydroxylation is 2. The number of aromatic nitrogens is 4. The molecule has 0 bridgehead atoms. The number of anilines is 1. The Kier molecular flexibility index (Phi) is 4.29. The Morgan fingerprint density at radius 2 is 2.16 bits per heavy atom. The van der Waals surface area contributed by atoms with Gasteiger partial charge in [-0.2, -0.15) is 0 Å². The van der Waals surface area contributed by atoms with Crippen molar-refractivity contribution in [1.29, 1.82) is 0 Å². The van der Waals surface area contributed by atoms with Gasteiger partial charge in [0, 0.05) is 42.8 Å². The van der Waals surface area contributed by atoms with Crippen molar-refractivity contribution in [3.05, 3.63) is 41.4 Å². The number of amides is 1. The Hall–Kier alpha value is -2.57. The molecule has 2 aliphatic rings. The fraction of sp³-hybridized carbons (Fsp3) is 0.500. The maximum absolute atomic E-state index is 12.3. The van der Waals surface area contributed by atoms with E-state index >= 15 is 0 Å². The lowest BCUT2D eigenvalue weighted by atomic mass is 10.0. The van der Waals surface area contributed by atoms with E-state index in [0.717, 1.165) is 56.8 Å². The fourth-order valence-electron chi connectivity index (χ4n) is 3.76. The molecule has 25 heavy (non-hydrogen) atoms. The molecule has 1 N–H and O–H groups in total. The summed E-state index contributed by atoms with van der Waals surface area (Å²) in [7, 11) is 0. The highest BCUT2D eigenvalue weighted by Crippen LogP contribution is 2.30. The third-order valence-corrected chi connectivity index (χ3v) is 4.88. The molecule has 0 radical (unpaired) electrons. The molecule has 1 aliphatic heterocycles. The molecule has 7 heteroatoms. The van der Waals surface area contributed by atoms with Crippen molar-refractivity contribution in [3.63, 3.8) is 0 Å². The zero-order chi connectivity index (χ0) is 17.2. The predicted octanol–water partition coefficient (Wildman–Crippen LogP) is 1.46. The van der Waals surface area contributed by atoms with Crippen LogP contribution in [0.3, 0.4) is 0 Å². The molecular weight excluding hydrogens is 316 g/mol. The molecule has 7 nitrogen and oxygen atoms in total. The van der Waals surface area contributed by atoms with Crippen LogP contribution >= 0.6 is 0 Å². The predicted molar refractivity (Wildman–Crippen MR) is 93.5 cm³/mol. The number of rotatable bonds is 3. The van der Waals surface area contributed by atoms with Gasteiger partial charge in [-0.1, -0.05) is 0 Å². The van der Waals surface area contributed by atoms with E-state index in [1.165, 1.54) is 23.7 Å². The lowest BCUT2D eigenvalue weighted by molar-refractivity contribution is 0.0927. The second-order valence-electron chi connectivity index (χ2n) is 6.72. The lowest BCUT2D eigenvalue weighted by Crippen LogP contribution is -2.48. The van der Waals surface area contributed by atoms with Crippen LogP contribution in [0.25, 0.3) is 0 Å². The molecule has 0 saturated carbocycles. The van der Waals surface area contributed by atoms with Crippen LogP contribution in [0.15, 0.2) is 18.6 Å². The summed E-state index contributed by atoms with van der Waals surface area (Å²) in [6, 6.07) is 0.0931. The van der Waals surface area contributed by atoms with Crippen LogP contribution in [-0.2, 0) is 12.8 Å². The number of hydrogen-bond donors (Lipinski definition) is 1. The van der Waals surface area contributed by atoms with Gasteiger partial charge in [-0.15, -0.1) is 0 Å². The highest BCUT2D eigenvalue weighted by molar-refractivity contribution is 5.92. The van der Waals surface area contributed by atoms with Gasteiger partial charge < -0.3 is 10.2 Å². The van der Waals surface area contributed by atoms with E-state index in [1.807, 2.05) is 6.92 Å². The van der Waals surface area contributed by atoms with Crippen LogP contribution < -0.4 is 10.2 Å². The Morgan fingerprint density at radius 1 is 1.24 bits per heavy atom. The number of nitrogens with one attached hydrogen (secondary N) is 1. The van der Waals surface area contributed by atoms with Gasteiger partial charge in [-0.05, 0) is 39.0 Å². The van der Waals surface area contributed by atoms with Crippen LogP contribution in [0.1, 0.15) is 46.8 Å². The van der Waals surface area contributed by atoms with Gasteiger partial charge in [-0.3, -0.25) is 9.78 Å². The summed E-state index contributed by atoms with van der Waals surface area (Å²) in [6.07, 6.45) is 9.85. The van der Waals surface area contributed by atoms with Crippen molar-refractivity contribution >= 4 is 11.7 Å². The molecular formula is C18H22N6O. The monoisotopic (exact) mass is 338 g/mol. The first-order chi connectivity index (χ1) is 12.2. The number of carbonyl (C=O) groups excluding carboxylic acids is 1. The quantitative estimate of drug-likeness (QED) is 0.912. The molecule has 2 aromatic heterocycles. The summed E-state index contributed by atoms with van der Waals surface area (Å²) in [6.45, 7) is 3.70. The topological polar surface area (TPSA) is 83.9 Å². The number of carbonyl (C=O) groups is 1. The maximum atomic E-state index is 12.3. The number of fused-ring (bicyclic) bond motifs is 1. The largest absolute Gasteiger partial charge is 0.354 e. The molecule has 2 aromatic rings. The third kappa shape index (κ3) is 3.31. The van der Waals surface area contributed by atoms with E-state index in [-0.39, 0.29) is 11.9 Å². The fourth-order valence-corrected chi connectivity index (χ4v) is 3.76. The molecule has 0 spiro atoms. The Balaban J connectivity index is 1.50. The van der Waals surface area contributed by atoms with Gasteiger partial charge in [0.25, 0.3) is 5.91 Å². The number of nitrogens with zero attached hydrogens (tertiary/aromatic N) is 5. The van der Waals surface area contributed by atoms with Crippen molar-refractivity contribution in [2.24, 2.45) is 0 Å². The Labute approximate surface area is 146 Å². The van der Waals surface area contributed by atoms with E-state index in [4.69, 9.17) is 4.98 Å². The van der Waals surface area contributed by atoms with Crippen LogP contribution in [-0.4, -0.2) is 45.0 Å². The van der Waals surface area contributed by atoms with E-state index in [2.05, 4.69) is 25.2 Å². The molecule has 130 valence electrons. The SMILES string of the molecule is Cc1nc2c(c(N3CCCC(NC(=O)c4cnccn4)C3)n1)CCC2. The van der Waals surface area contributed by atoms with Gasteiger partial charge in [0.1, 0.15) is 17.3 Å². The molecule has 1 unspecified atom stereocenters. The highest BCUT2D eigenvalue weighted by atomic mass is 16.2. The maximum Gasteiger partial charge on any atom is 0.271 e. The highest BCUT2D eigenvalue weighted by Gasteiger charge is 2.27. The molecule has 1 fully saturated rings. The molecule has 1 aliphatic carbocycles. The summed E-state index contributed by atoms with van der Waals surface area (Å²) in [5, 5.41) is 3.09. The van der Waals surface area contributed by atoms with Crippen LogP contribution in [0.2, 0.25) is 0 Å². The summed E-state index contributed by atoms with van der Waals surface area (Å²) in [5.41, 5.74) is 2.86.